The molecule has 15 heavy (non-hydrogen) atoms. The van der Waals surface area contributed by atoms with Crippen LogP contribution in [0.4, 0.5) is 0 Å². The standard InChI is InChI=1S/C11H9N3O/c1-2-8-15-11-12-9-14(13-11)10-6-4-3-5-7-10/h1,3-7,9H,8H2. The van der Waals surface area contributed by atoms with Gasteiger partial charge in [0.1, 0.15) is 6.33 Å². The number of ether oxygens (including phenoxy) is 1. The molecule has 4 nitrogen and oxygen atoms in total. The van der Waals surface area contributed by atoms with Gasteiger partial charge in [0.2, 0.25) is 0 Å². The minimum atomic E-state index is 0.179. The summed E-state index contributed by atoms with van der Waals surface area (Å²) in [4.78, 5) is 3.96. The van der Waals surface area contributed by atoms with Crippen LogP contribution in [0.5, 0.6) is 6.01 Å². The number of benzene rings is 1. The molecule has 74 valence electrons. The van der Waals surface area contributed by atoms with Crippen molar-refractivity contribution >= 4 is 0 Å². The van der Waals surface area contributed by atoms with Crippen LogP contribution in [-0.4, -0.2) is 21.4 Å². The number of hydrogen-bond acceptors (Lipinski definition) is 3. The molecule has 0 aliphatic carbocycles. The predicted molar refractivity (Wildman–Crippen MR) is 55.7 cm³/mol. The first kappa shape index (κ1) is 9.28. The first-order valence-electron chi connectivity index (χ1n) is 4.43. The van der Waals surface area contributed by atoms with Crippen LogP contribution in [0.2, 0.25) is 0 Å². The van der Waals surface area contributed by atoms with E-state index in [9.17, 15) is 0 Å². The zero-order valence-electron chi connectivity index (χ0n) is 8.00. The third-order valence-corrected chi connectivity index (χ3v) is 1.78. The lowest BCUT2D eigenvalue weighted by Gasteiger charge is -1.97. The second kappa shape index (κ2) is 4.29. The van der Waals surface area contributed by atoms with Crippen molar-refractivity contribution in [2.75, 3.05) is 6.61 Å². The Balaban J connectivity index is 2.18. The molecule has 0 bridgehead atoms. The maximum absolute atomic E-state index is 5.08. The van der Waals surface area contributed by atoms with Crippen LogP contribution in [0.25, 0.3) is 5.69 Å². The minimum Gasteiger partial charge on any atom is -0.449 e. The third kappa shape index (κ3) is 2.15. The number of aromatic nitrogens is 3. The summed E-state index contributed by atoms with van der Waals surface area (Å²) in [6.45, 7) is 0.179. The highest BCUT2D eigenvalue weighted by molar-refractivity contribution is 5.29. The van der Waals surface area contributed by atoms with Gasteiger partial charge in [-0.2, -0.15) is 4.98 Å². The van der Waals surface area contributed by atoms with Crippen molar-refractivity contribution in [2.45, 2.75) is 0 Å². The largest absolute Gasteiger partial charge is 0.449 e. The van der Waals surface area contributed by atoms with E-state index in [2.05, 4.69) is 16.0 Å². The van der Waals surface area contributed by atoms with E-state index in [4.69, 9.17) is 11.2 Å². The monoisotopic (exact) mass is 199 g/mol. The maximum Gasteiger partial charge on any atom is 0.336 e. The summed E-state index contributed by atoms with van der Waals surface area (Å²) < 4.78 is 6.71. The molecule has 0 amide bonds. The number of rotatable bonds is 3. The van der Waals surface area contributed by atoms with Crippen molar-refractivity contribution < 1.29 is 4.74 Å². The summed E-state index contributed by atoms with van der Waals surface area (Å²) in [7, 11) is 0. The Hall–Kier alpha value is -2.28. The van der Waals surface area contributed by atoms with Gasteiger partial charge in [0, 0.05) is 0 Å². The molecule has 0 saturated heterocycles. The van der Waals surface area contributed by atoms with Crippen LogP contribution in [-0.2, 0) is 0 Å². The van der Waals surface area contributed by atoms with Crippen molar-refractivity contribution in [1.29, 1.82) is 0 Å². The molecule has 0 fully saturated rings. The number of para-hydroxylation sites is 1. The van der Waals surface area contributed by atoms with Crippen LogP contribution in [0, 0.1) is 12.3 Å². The second-order valence-electron chi connectivity index (χ2n) is 2.80. The Morgan fingerprint density at radius 2 is 2.13 bits per heavy atom. The van der Waals surface area contributed by atoms with Gasteiger partial charge in [0.25, 0.3) is 0 Å². The topological polar surface area (TPSA) is 39.9 Å². The predicted octanol–water partition coefficient (Wildman–Crippen LogP) is 1.28. The highest BCUT2D eigenvalue weighted by Gasteiger charge is 2.01. The van der Waals surface area contributed by atoms with Crippen molar-refractivity contribution in [2.24, 2.45) is 0 Å². The van der Waals surface area contributed by atoms with Gasteiger partial charge in [-0.05, 0) is 12.1 Å². The molecule has 1 heterocycles. The molecule has 2 rings (SSSR count). The van der Waals surface area contributed by atoms with Gasteiger partial charge < -0.3 is 4.74 Å². The van der Waals surface area contributed by atoms with Crippen LogP contribution >= 0.6 is 0 Å². The molecular formula is C11H9N3O. The number of nitrogens with zero attached hydrogens (tertiary/aromatic N) is 3. The van der Waals surface area contributed by atoms with E-state index in [1.165, 1.54) is 0 Å². The highest BCUT2D eigenvalue weighted by Crippen LogP contribution is 2.07. The van der Waals surface area contributed by atoms with E-state index in [0.717, 1.165) is 5.69 Å². The van der Waals surface area contributed by atoms with Gasteiger partial charge in [-0.25, -0.2) is 4.68 Å². The normalized spacial score (nSPS) is 9.53. The number of hydrogen-bond donors (Lipinski definition) is 0. The van der Waals surface area contributed by atoms with Crippen molar-refractivity contribution in [3.63, 3.8) is 0 Å². The molecule has 0 aliphatic heterocycles. The molecule has 1 aromatic carbocycles. The molecule has 0 unspecified atom stereocenters. The molecule has 0 atom stereocenters. The fourth-order valence-corrected chi connectivity index (χ4v) is 1.13. The lowest BCUT2D eigenvalue weighted by Crippen LogP contribution is -1.97. The van der Waals surface area contributed by atoms with Gasteiger partial charge >= 0.3 is 6.01 Å². The van der Waals surface area contributed by atoms with Crippen LogP contribution in [0.1, 0.15) is 0 Å². The SMILES string of the molecule is C#CCOc1ncn(-c2ccccc2)n1. The van der Waals surface area contributed by atoms with Crippen LogP contribution < -0.4 is 4.74 Å². The average molecular weight is 199 g/mol. The molecular weight excluding hydrogens is 190 g/mol. The molecule has 4 heteroatoms. The summed E-state index contributed by atoms with van der Waals surface area (Å²) in [5, 5.41) is 4.11. The lowest BCUT2D eigenvalue weighted by atomic mass is 10.3. The van der Waals surface area contributed by atoms with Gasteiger partial charge in [-0.15, -0.1) is 11.5 Å². The van der Waals surface area contributed by atoms with Gasteiger partial charge in [-0.1, -0.05) is 24.1 Å². The van der Waals surface area contributed by atoms with E-state index in [0.29, 0.717) is 0 Å². The Kier molecular flexibility index (Phi) is 2.65. The zero-order valence-corrected chi connectivity index (χ0v) is 8.00. The molecule has 0 spiro atoms. The summed E-state index contributed by atoms with van der Waals surface area (Å²) in [6, 6.07) is 9.95. The molecule has 2 aromatic rings. The minimum absolute atomic E-state index is 0.179. The molecule has 1 aromatic heterocycles. The van der Waals surface area contributed by atoms with E-state index in [-0.39, 0.29) is 12.6 Å². The fourth-order valence-electron chi connectivity index (χ4n) is 1.13. The van der Waals surface area contributed by atoms with E-state index in [1.807, 2.05) is 30.3 Å². The van der Waals surface area contributed by atoms with E-state index >= 15 is 0 Å². The van der Waals surface area contributed by atoms with E-state index < -0.39 is 0 Å². The summed E-state index contributed by atoms with van der Waals surface area (Å²) >= 11 is 0. The lowest BCUT2D eigenvalue weighted by molar-refractivity contribution is 0.339. The van der Waals surface area contributed by atoms with E-state index in [1.54, 1.807) is 11.0 Å². The first-order chi connectivity index (χ1) is 7.40. The smallest absolute Gasteiger partial charge is 0.336 e. The highest BCUT2D eigenvalue weighted by atomic mass is 16.5. The van der Waals surface area contributed by atoms with Gasteiger partial charge in [0.15, 0.2) is 6.61 Å². The van der Waals surface area contributed by atoms with Crippen molar-refractivity contribution in [3.8, 4) is 24.0 Å². The fraction of sp³-hybridized carbons (Fsp3) is 0.0909. The summed E-state index contributed by atoms with van der Waals surface area (Å²) in [5.74, 6) is 2.35. The Morgan fingerprint density at radius 3 is 2.87 bits per heavy atom. The van der Waals surface area contributed by atoms with Crippen molar-refractivity contribution in [3.05, 3.63) is 36.7 Å². The quantitative estimate of drug-likeness (QED) is 0.699. The van der Waals surface area contributed by atoms with Crippen molar-refractivity contribution in [1.82, 2.24) is 14.8 Å². The Morgan fingerprint density at radius 1 is 1.33 bits per heavy atom. The van der Waals surface area contributed by atoms with Gasteiger partial charge in [-0.3, -0.25) is 0 Å². The third-order valence-electron chi connectivity index (χ3n) is 1.78. The Labute approximate surface area is 87.5 Å². The Bertz CT molecular complexity index is 470. The zero-order chi connectivity index (χ0) is 10.5. The number of terminal acetylenes is 1. The van der Waals surface area contributed by atoms with Gasteiger partial charge in [0.05, 0.1) is 5.69 Å². The first-order valence-corrected chi connectivity index (χ1v) is 4.43. The van der Waals surface area contributed by atoms with Crippen LogP contribution in [0.15, 0.2) is 36.7 Å². The van der Waals surface area contributed by atoms with Crippen LogP contribution in [0.3, 0.4) is 0 Å². The summed E-state index contributed by atoms with van der Waals surface area (Å²) in [6.07, 6.45) is 6.64. The molecule has 0 saturated carbocycles. The molecule has 0 radical (unpaired) electrons. The molecule has 0 N–H and O–H groups in total. The second-order valence-corrected chi connectivity index (χ2v) is 2.80. The average Bonchev–Trinajstić information content (AvgIpc) is 2.76. The molecule has 0 aliphatic rings. The maximum atomic E-state index is 5.08. The summed E-state index contributed by atoms with van der Waals surface area (Å²) in [5.41, 5.74) is 0.931.